The van der Waals surface area contributed by atoms with E-state index in [9.17, 15) is 0 Å². The predicted molar refractivity (Wildman–Crippen MR) is 75.8 cm³/mol. The molecule has 4 nitrogen and oxygen atoms in total. The van der Waals surface area contributed by atoms with Crippen LogP contribution in [0.3, 0.4) is 0 Å². The number of nitrogens with zero attached hydrogens (tertiary/aromatic N) is 3. The Morgan fingerprint density at radius 2 is 2.06 bits per heavy atom. The van der Waals surface area contributed by atoms with Crippen molar-refractivity contribution in [2.75, 3.05) is 32.1 Å². The Morgan fingerprint density at radius 3 is 2.61 bits per heavy atom. The minimum Gasteiger partial charge on any atom is -0.356 e. The molecule has 1 saturated heterocycles. The number of nitrogens with two attached hydrogens (primary N) is 1. The molecule has 18 heavy (non-hydrogen) atoms. The van der Waals surface area contributed by atoms with Crippen LogP contribution in [0, 0.1) is 6.92 Å². The fourth-order valence-electron chi connectivity index (χ4n) is 2.69. The van der Waals surface area contributed by atoms with Crippen molar-refractivity contribution in [3.8, 4) is 0 Å². The van der Waals surface area contributed by atoms with Crippen molar-refractivity contribution >= 4 is 5.82 Å². The highest BCUT2D eigenvalue weighted by Gasteiger charge is 2.23. The molecular weight excluding hydrogens is 224 g/mol. The highest BCUT2D eigenvalue weighted by atomic mass is 15.2. The number of aryl methyl sites for hydroxylation is 1. The lowest BCUT2D eigenvalue weighted by atomic mass is 10.0. The maximum atomic E-state index is 5.86. The molecule has 0 bridgehead atoms. The van der Waals surface area contributed by atoms with Gasteiger partial charge in [-0.1, -0.05) is 0 Å². The summed E-state index contributed by atoms with van der Waals surface area (Å²) in [5.41, 5.74) is 8.30. The number of rotatable bonds is 3. The van der Waals surface area contributed by atoms with Crippen LogP contribution < -0.4 is 10.6 Å². The zero-order chi connectivity index (χ0) is 13.1. The van der Waals surface area contributed by atoms with Crippen LogP contribution in [-0.4, -0.2) is 43.1 Å². The second-order valence-electron chi connectivity index (χ2n) is 5.32. The number of hydrogen-bond donors (Lipinski definition) is 1. The summed E-state index contributed by atoms with van der Waals surface area (Å²) in [4.78, 5) is 9.24. The maximum Gasteiger partial charge on any atom is 0.133 e. The molecule has 1 aliphatic heterocycles. The fraction of sp³-hybridized carbons (Fsp3) is 0.643. The van der Waals surface area contributed by atoms with Gasteiger partial charge < -0.3 is 15.5 Å². The van der Waals surface area contributed by atoms with E-state index in [1.165, 1.54) is 24.0 Å². The zero-order valence-electron chi connectivity index (χ0n) is 11.7. The van der Waals surface area contributed by atoms with Crippen molar-refractivity contribution in [1.29, 1.82) is 0 Å². The summed E-state index contributed by atoms with van der Waals surface area (Å²) in [5, 5.41) is 0. The third kappa shape index (κ3) is 2.65. The molecule has 0 spiro atoms. The molecule has 0 unspecified atom stereocenters. The van der Waals surface area contributed by atoms with Gasteiger partial charge in [0.1, 0.15) is 5.82 Å². The second kappa shape index (κ2) is 5.67. The van der Waals surface area contributed by atoms with E-state index < -0.39 is 0 Å². The first-order valence-electron chi connectivity index (χ1n) is 6.69. The lowest BCUT2D eigenvalue weighted by molar-refractivity contribution is 0.249. The molecule has 0 radical (unpaired) electrons. The van der Waals surface area contributed by atoms with Gasteiger partial charge in [-0.15, -0.1) is 0 Å². The summed E-state index contributed by atoms with van der Waals surface area (Å²) in [6.45, 7) is 4.83. The molecular formula is C14H24N4. The van der Waals surface area contributed by atoms with E-state index in [0.717, 1.165) is 18.9 Å². The summed E-state index contributed by atoms with van der Waals surface area (Å²) in [6, 6.07) is 2.74. The average Bonchev–Trinajstić information content (AvgIpc) is 2.38. The summed E-state index contributed by atoms with van der Waals surface area (Å²) in [7, 11) is 4.33. The van der Waals surface area contributed by atoms with Crippen molar-refractivity contribution < 1.29 is 0 Å². The molecule has 0 amide bonds. The van der Waals surface area contributed by atoms with Crippen LogP contribution >= 0.6 is 0 Å². The van der Waals surface area contributed by atoms with Gasteiger partial charge in [0.15, 0.2) is 0 Å². The normalized spacial score (nSPS) is 17.5. The van der Waals surface area contributed by atoms with Crippen LogP contribution in [0.4, 0.5) is 5.82 Å². The van der Waals surface area contributed by atoms with Gasteiger partial charge in [-0.2, -0.15) is 0 Å². The topological polar surface area (TPSA) is 45.4 Å². The number of hydrogen-bond acceptors (Lipinski definition) is 4. The quantitative estimate of drug-likeness (QED) is 0.878. The zero-order valence-corrected chi connectivity index (χ0v) is 11.7. The lowest BCUT2D eigenvalue weighted by Crippen LogP contribution is -2.42. The Bertz CT molecular complexity index is 395. The van der Waals surface area contributed by atoms with Crippen molar-refractivity contribution in [1.82, 2.24) is 9.88 Å². The van der Waals surface area contributed by atoms with Crippen molar-refractivity contribution in [2.24, 2.45) is 5.73 Å². The Kier molecular flexibility index (Phi) is 4.19. The first-order chi connectivity index (χ1) is 8.63. The van der Waals surface area contributed by atoms with Gasteiger partial charge >= 0.3 is 0 Å². The predicted octanol–water partition coefficient (Wildman–Crippen LogP) is 1.38. The highest BCUT2D eigenvalue weighted by Crippen LogP contribution is 2.24. The standard InChI is InChI=1S/C14H24N4/c1-11-4-7-16-14(13(11)10-15)18-8-5-12(6-9-18)17(2)3/h4,7,12H,5-6,8-10,15H2,1-3H3. The van der Waals surface area contributed by atoms with E-state index in [2.05, 4.69) is 35.8 Å². The van der Waals surface area contributed by atoms with E-state index in [4.69, 9.17) is 5.73 Å². The largest absolute Gasteiger partial charge is 0.356 e. The van der Waals surface area contributed by atoms with Crippen molar-refractivity contribution in [3.63, 3.8) is 0 Å². The number of anilines is 1. The van der Waals surface area contributed by atoms with Crippen LogP contribution in [0.15, 0.2) is 12.3 Å². The number of piperidine rings is 1. The molecule has 1 fully saturated rings. The van der Waals surface area contributed by atoms with Gasteiger partial charge in [-0.3, -0.25) is 0 Å². The maximum absolute atomic E-state index is 5.86. The molecule has 1 aromatic rings. The van der Waals surface area contributed by atoms with E-state index in [-0.39, 0.29) is 0 Å². The van der Waals surface area contributed by atoms with Crippen LogP contribution in [0.5, 0.6) is 0 Å². The first kappa shape index (κ1) is 13.3. The van der Waals surface area contributed by atoms with E-state index in [0.29, 0.717) is 12.6 Å². The Labute approximate surface area is 110 Å². The van der Waals surface area contributed by atoms with Crippen LogP contribution in [0.25, 0.3) is 0 Å². The monoisotopic (exact) mass is 248 g/mol. The van der Waals surface area contributed by atoms with Gasteiger partial charge in [0, 0.05) is 37.4 Å². The Morgan fingerprint density at radius 1 is 1.39 bits per heavy atom. The molecule has 2 rings (SSSR count). The number of pyridine rings is 1. The summed E-state index contributed by atoms with van der Waals surface area (Å²) in [6.07, 6.45) is 4.29. The Hall–Kier alpha value is -1.13. The Balaban J connectivity index is 2.12. The van der Waals surface area contributed by atoms with Crippen molar-refractivity contribution in [3.05, 3.63) is 23.4 Å². The molecule has 0 saturated carbocycles. The van der Waals surface area contributed by atoms with E-state index >= 15 is 0 Å². The molecule has 0 aromatic carbocycles. The molecule has 2 heterocycles. The minimum absolute atomic E-state index is 0.572. The number of aromatic nitrogens is 1. The summed E-state index contributed by atoms with van der Waals surface area (Å²) < 4.78 is 0. The smallest absolute Gasteiger partial charge is 0.133 e. The molecule has 100 valence electrons. The van der Waals surface area contributed by atoms with E-state index in [1.807, 2.05) is 12.3 Å². The fourth-order valence-corrected chi connectivity index (χ4v) is 2.69. The third-order valence-corrected chi connectivity index (χ3v) is 3.97. The first-order valence-corrected chi connectivity index (χ1v) is 6.69. The van der Waals surface area contributed by atoms with E-state index in [1.54, 1.807) is 0 Å². The van der Waals surface area contributed by atoms with Gasteiger partial charge in [0.05, 0.1) is 0 Å². The molecule has 2 N–H and O–H groups in total. The van der Waals surface area contributed by atoms with Gasteiger partial charge in [-0.25, -0.2) is 4.98 Å². The highest BCUT2D eigenvalue weighted by molar-refractivity contribution is 5.50. The van der Waals surface area contributed by atoms with Gasteiger partial charge in [-0.05, 0) is 45.5 Å². The second-order valence-corrected chi connectivity index (χ2v) is 5.32. The molecule has 1 aromatic heterocycles. The third-order valence-electron chi connectivity index (χ3n) is 3.97. The molecule has 1 aliphatic rings. The molecule has 0 aliphatic carbocycles. The average molecular weight is 248 g/mol. The van der Waals surface area contributed by atoms with Crippen LogP contribution in [-0.2, 0) is 6.54 Å². The molecule has 4 heteroatoms. The minimum atomic E-state index is 0.572. The summed E-state index contributed by atoms with van der Waals surface area (Å²) in [5.74, 6) is 1.09. The molecule has 0 atom stereocenters. The lowest BCUT2D eigenvalue weighted by Gasteiger charge is -2.36. The SMILES string of the molecule is Cc1ccnc(N2CCC(N(C)C)CC2)c1CN. The van der Waals surface area contributed by atoms with Gasteiger partial charge in [0.25, 0.3) is 0 Å². The van der Waals surface area contributed by atoms with Crippen molar-refractivity contribution in [2.45, 2.75) is 32.4 Å². The van der Waals surface area contributed by atoms with Crippen LogP contribution in [0.1, 0.15) is 24.0 Å². The van der Waals surface area contributed by atoms with Gasteiger partial charge in [0.2, 0.25) is 0 Å². The summed E-state index contributed by atoms with van der Waals surface area (Å²) >= 11 is 0. The van der Waals surface area contributed by atoms with Crippen LogP contribution in [0.2, 0.25) is 0 Å².